The summed E-state index contributed by atoms with van der Waals surface area (Å²) in [5, 5.41) is 17.9. The molecule has 3 N–H and O–H groups in total. The molecule has 1 aliphatic carbocycles. The van der Waals surface area contributed by atoms with Gasteiger partial charge in [0.2, 0.25) is 0 Å². The Morgan fingerprint density at radius 1 is 1.19 bits per heavy atom. The number of anilines is 1. The first kappa shape index (κ1) is 25.2. The number of aromatic nitrogens is 1. The summed E-state index contributed by atoms with van der Waals surface area (Å²) in [5.74, 6) is -2.46. The van der Waals surface area contributed by atoms with Gasteiger partial charge in [-0.1, -0.05) is 54.8 Å². The van der Waals surface area contributed by atoms with E-state index in [2.05, 4.69) is 15.8 Å². The van der Waals surface area contributed by atoms with E-state index in [-0.39, 0.29) is 17.0 Å². The van der Waals surface area contributed by atoms with Crippen LogP contribution in [0.4, 0.5) is 14.9 Å². The molecule has 1 fully saturated rings. The number of ether oxygens (including phenoxy) is 1. The lowest BCUT2D eigenvalue weighted by molar-refractivity contribution is -0.139. The van der Waals surface area contributed by atoms with Crippen LogP contribution in [-0.4, -0.2) is 34.3 Å². The third-order valence-electron chi connectivity index (χ3n) is 5.78. The molecular formula is C25H23ClFN3O6. The molecule has 11 heteroatoms. The number of amides is 2. The lowest BCUT2D eigenvalue weighted by Gasteiger charge is -2.15. The summed E-state index contributed by atoms with van der Waals surface area (Å²) < 4.78 is 24.6. The van der Waals surface area contributed by atoms with Gasteiger partial charge in [0.25, 0.3) is 11.9 Å². The van der Waals surface area contributed by atoms with Crippen molar-refractivity contribution in [1.29, 1.82) is 0 Å². The van der Waals surface area contributed by atoms with Gasteiger partial charge in [0.15, 0.2) is 5.76 Å². The molecular weight excluding hydrogens is 493 g/mol. The standard InChI is InChI=1S/C25H23ClFN3O6/c1-13(17-4-2-3-5-18(17)26)35-25(34)29-20-21(36-30-22(20)27)15-8-10-16(11-9-15)23(31)28-19(24(32)33)12-14-6-7-14/h2-5,8-11,13-14,19H,6-7,12H2,1H3,(H,28,31)(H,29,34)(H,32,33). The SMILES string of the molecule is CC(OC(=O)Nc1c(F)noc1-c1ccc(C(=O)NC(CC2CC2)C(=O)O)cc1)c1ccccc1Cl. The molecule has 0 radical (unpaired) electrons. The zero-order valence-corrected chi connectivity index (χ0v) is 19.9. The van der Waals surface area contributed by atoms with E-state index in [0.717, 1.165) is 12.8 Å². The number of carbonyl (C=O) groups is 3. The summed E-state index contributed by atoms with van der Waals surface area (Å²) in [6.45, 7) is 1.62. The van der Waals surface area contributed by atoms with E-state index < -0.39 is 36.1 Å². The van der Waals surface area contributed by atoms with Crippen LogP contribution >= 0.6 is 11.6 Å². The van der Waals surface area contributed by atoms with Gasteiger partial charge in [0.1, 0.15) is 17.8 Å². The van der Waals surface area contributed by atoms with Gasteiger partial charge < -0.3 is 19.7 Å². The largest absolute Gasteiger partial charge is 0.480 e. The second-order valence-corrected chi connectivity index (χ2v) is 8.90. The maximum atomic E-state index is 14.3. The highest BCUT2D eigenvalue weighted by molar-refractivity contribution is 6.31. The molecule has 9 nitrogen and oxygen atoms in total. The van der Waals surface area contributed by atoms with Crippen LogP contribution in [0.15, 0.2) is 53.1 Å². The molecule has 1 aromatic heterocycles. The Bertz CT molecular complexity index is 1280. The molecule has 2 amide bonds. The number of carboxylic acid groups (broad SMARTS) is 1. The van der Waals surface area contributed by atoms with Gasteiger partial charge in [-0.25, -0.2) is 9.59 Å². The first-order valence-corrected chi connectivity index (χ1v) is 11.6. The van der Waals surface area contributed by atoms with E-state index in [1.165, 1.54) is 24.3 Å². The molecule has 0 spiro atoms. The molecule has 1 aliphatic rings. The molecule has 0 aliphatic heterocycles. The van der Waals surface area contributed by atoms with Crippen molar-refractivity contribution < 1.29 is 33.1 Å². The van der Waals surface area contributed by atoms with Crippen LogP contribution < -0.4 is 10.6 Å². The molecule has 2 unspecified atom stereocenters. The Kier molecular flexibility index (Phi) is 7.54. The number of nitrogens with zero attached hydrogens (tertiary/aromatic N) is 1. The van der Waals surface area contributed by atoms with Crippen molar-refractivity contribution >= 4 is 35.3 Å². The van der Waals surface area contributed by atoms with E-state index in [1.54, 1.807) is 31.2 Å². The van der Waals surface area contributed by atoms with Gasteiger partial charge in [0, 0.05) is 21.7 Å². The summed E-state index contributed by atoms with van der Waals surface area (Å²) in [4.78, 5) is 36.4. The molecule has 0 saturated heterocycles. The smallest absolute Gasteiger partial charge is 0.412 e. The van der Waals surface area contributed by atoms with Crippen molar-refractivity contribution in [1.82, 2.24) is 10.5 Å². The fourth-order valence-electron chi connectivity index (χ4n) is 3.66. The molecule has 36 heavy (non-hydrogen) atoms. The van der Waals surface area contributed by atoms with Crippen LogP contribution in [0.2, 0.25) is 5.02 Å². The average molecular weight is 516 g/mol. The van der Waals surface area contributed by atoms with Gasteiger partial charge in [0.05, 0.1) is 0 Å². The highest BCUT2D eigenvalue weighted by Crippen LogP contribution is 2.34. The summed E-state index contributed by atoms with van der Waals surface area (Å²) in [7, 11) is 0. The number of halogens is 2. The van der Waals surface area contributed by atoms with E-state index in [1.807, 2.05) is 0 Å². The monoisotopic (exact) mass is 515 g/mol. The van der Waals surface area contributed by atoms with Gasteiger partial charge in [-0.05, 0) is 42.6 Å². The van der Waals surface area contributed by atoms with E-state index in [4.69, 9.17) is 20.9 Å². The summed E-state index contributed by atoms with van der Waals surface area (Å²) in [6.07, 6.45) is 0.654. The van der Waals surface area contributed by atoms with Gasteiger partial charge >= 0.3 is 12.1 Å². The minimum Gasteiger partial charge on any atom is -0.480 e. The van der Waals surface area contributed by atoms with E-state index in [9.17, 15) is 23.9 Å². The highest BCUT2D eigenvalue weighted by Gasteiger charge is 2.30. The van der Waals surface area contributed by atoms with E-state index in [0.29, 0.717) is 28.5 Å². The van der Waals surface area contributed by atoms with Crippen LogP contribution in [0.25, 0.3) is 11.3 Å². The summed E-state index contributed by atoms with van der Waals surface area (Å²) in [5.41, 5.74) is 0.781. The van der Waals surface area contributed by atoms with Crippen molar-refractivity contribution in [2.45, 2.75) is 38.3 Å². The van der Waals surface area contributed by atoms with Crippen molar-refractivity contribution in [3.05, 3.63) is 70.6 Å². The first-order chi connectivity index (χ1) is 17.2. The van der Waals surface area contributed by atoms with Crippen molar-refractivity contribution in [2.75, 3.05) is 5.32 Å². The number of hydrogen-bond acceptors (Lipinski definition) is 6. The Morgan fingerprint density at radius 2 is 1.89 bits per heavy atom. The lowest BCUT2D eigenvalue weighted by atomic mass is 10.1. The van der Waals surface area contributed by atoms with Gasteiger partial charge in [-0.15, -0.1) is 0 Å². The van der Waals surface area contributed by atoms with Crippen LogP contribution in [0, 0.1) is 11.9 Å². The maximum absolute atomic E-state index is 14.3. The molecule has 0 bridgehead atoms. The Balaban J connectivity index is 1.43. The second-order valence-electron chi connectivity index (χ2n) is 8.49. The van der Waals surface area contributed by atoms with Gasteiger partial charge in [-0.3, -0.25) is 10.1 Å². The number of aliphatic carboxylic acids is 1. The number of hydrogen-bond donors (Lipinski definition) is 3. The summed E-state index contributed by atoms with van der Waals surface area (Å²) in [6, 6.07) is 11.7. The van der Waals surface area contributed by atoms with Crippen molar-refractivity contribution in [2.24, 2.45) is 5.92 Å². The Morgan fingerprint density at radius 3 is 2.53 bits per heavy atom. The average Bonchev–Trinajstić information content (AvgIpc) is 3.60. The fraction of sp³-hybridized carbons (Fsp3) is 0.280. The zero-order chi connectivity index (χ0) is 25.8. The van der Waals surface area contributed by atoms with Crippen LogP contribution in [0.3, 0.4) is 0 Å². The highest BCUT2D eigenvalue weighted by atomic mass is 35.5. The second kappa shape index (κ2) is 10.8. The Labute approximate surface area is 210 Å². The predicted octanol–water partition coefficient (Wildman–Crippen LogP) is 5.43. The Hall–Kier alpha value is -3.92. The maximum Gasteiger partial charge on any atom is 0.412 e. The molecule has 1 saturated carbocycles. The van der Waals surface area contributed by atoms with E-state index >= 15 is 0 Å². The van der Waals surface area contributed by atoms with Gasteiger partial charge in [-0.2, -0.15) is 4.39 Å². The molecule has 2 aromatic carbocycles. The number of carbonyl (C=O) groups excluding carboxylic acids is 2. The minimum atomic E-state index is -1.09. The zero-order valence-electron chi connectivity index (χ0n) is 19.2. The molecule has 4 rings (SSSR count). The van der Waals surface area contributed by atoms with Crippen LogP contribution in [-0.2, 0) is 9.53 Å². The number of carboxylic acids is 1. The third kappa shape index (κ3) is 6.01. The quantitative estimate of drug-likeness (QED) is 0.346. The third-order valence-corrected chi connectivity index (χ3v) is 6.13. The molecule has 3 aromatic rings. The number of benzene rings is 2. The fourth-order valence-corrected chi connectivity index (χ4v) is 3.95. The number of rotatable bonds is 9. The predicted molar refractivity (Wildman–Crippen MR) is 128 cm³/mol. The number of nitrogens with one attached hydrogen (secondary N) is 2. The molecule has 188 valence electrons. The minimum absolute atomic E-state index is 0.0843. The van der Waals surface area contributed by atoms with Crippen molar-refractivity contribution in [3.63, 3.8) is 0 Å². The van der Waals surface area contributed by atoms with Crippen molar-refractivity contribution in [3.8, 4) is 11.3 Å². The summed E-state index contributed by atoms with van der Waals surface area (Å²) >= 11 is 6.12. The topological polar surface area (TPSA) is 131 Å². The first-order valence-electron chi connectivity index (χ1n) is 11.2. The lowest BCUT2D eigenvalue weighted by Crippen LogP contribution is -2.41. The van der Waals surface area contributed by atoms with Crippen LogP contribution in [0.1, 0.15) is 48.2 Å². The normalized spacial score (nSPS) is 14.5. The van der Waals surface area contributed by atoms with Crippen LogP contribution in [0.5, 0.6) is 0 Å². The molecule has 2 atom stereocenters. The molecule has 1 heterocycles.